The first-order chi connectivity index (χ1) is 11.5. The first kappa shape index (κ1) is 16.0. The molecule has 0 spiro atoms. The number of aryl methyl sites for hydroxylation is 1. The zero-order valence-corrected chi connectivity index (χ0v) is 14.0. The molecular formula is C18H20N4O2. The summed E-state index contributed by atoms with van der Waals surface area (Å²) in [6, 6.07) is 11.6. The minimum Gasteiger partial charge on any atom is -0.461 e. The van der Waals surface area contributed by atoms with Gasteiger partial charge >= 0.3 is 0 Å². The van der Waals surface area contributed by atoms with Gasteiger partial charge in [0.1, 0.15) is 5.82 Å². The van der Waals surface area contributed by atoms with E-state index in [1.54, 1.807) is 6.26 Å². The van der Waals surface area contributed by atoms with Gasteiger partial charge in [-0.05, 0) is 37.6 Å². The first-order valence-electron chi connectivity index (χ1n) is 7.87. The van der Waals surface area contributed by atoms with Gasteiger partial charge in [0, 0.05) is 19.4 Å². The van der Waals surface area contributed by atoms with Crippen LogP contribution in [0.4, 0.5) is 0 Å². The summed E-state index contributed by atoms with van der Waals surface area (Å²) in [6.45, 7) is 5.49. The molecule has 0 aliphatic heterocycles. The van der Waals surface area contributed by atoms with Crippen LogP contribution in [0.2, 0.25) is 0 Å². The summed E-state index contributed by atoms with van der Waals surface area (Å²) in [4.78, 5) is 15.9. The fraction of sp³-hybridized carbons (Fsp3) is 0.278. The first-order valence-corrected chi connectivity index (χ1v) is 7.87. The highest BCUT2D eigenvalue weighted by atomic mass is 16.3. The summed E-state index contributed by atoms with van der Waals surface area (Å²) in [5.74, 6) is 1.87. The molecule has 6 nitrogen and oxygen atoms in total. The van der Waals surface area contributed by atoms with Gasteiger partial charge in [-0.2, -0.15) is 0 Å². The molecule has 0 saturated carbocycles. The largest absolute Gasteiger partial charge is 0.461 e. The van der Waals surface area contributed by atoms with Crippen LogP contribution < -0.4 is 5.32 Å². The Balaban J connectivity index is 2.02. The summed E-state index contributed by atoms with van der Waals surface area (Å²) < 4.78 is 7.24. The standard InChI is InChI=1S/C18H20N4O2/c1-12-7-4-5-8-15(12)22-17(11-13(2)19-14(3)23)20-18(21-22)16-9-6-10-24-16/h4-10,13H,11H2,1-3H3,(H,19,23). The number of hydrogen-bond acceptors (Lipinski definition) is 4. The number of para-hydroxylation sites is 1. The zero-order chi connectivity index (χ0) is 17.1. The molecule has 3 rings (SSSR count). The van der Waals surface area contributed by atoms with Crippen molar-refractivity contribution in [2.45, 2.75) is 33.2 Å². The van der Waals surface area contributed by atoms with Gasteiger partial charge in [-0.15, -0.1) is 5.10 Å². The molecule has 0 saturated heterocycles. The van der Waals surface area contributed by atoms with E-state index in [9.17, 15) is 4.79 Å². The van der Waals surface area contributed by atoms with Crippen molar-refractivity contribution in [2.24, 2.45) is 0 Å². The topological polar surface area (TPSA) is 73.0 Å². The number of nitrogens with one attached hydrogen (secondary N) is 1. The van der Waals surface area contributed by atoms with Crippen molar-refractivity contribution in [3.63, 3.8) is 0 Å². The van der Waals surface area contributed by atoms with Gasteiger partial charge in [0.25, 0.3) is 0 Å². The molecule has 0 radical (unpaired) electrons. The third kappa shape index (κ3) is 3.37. The number of aromatic nitrogens is 3. The van der Waals surface area contributed by atoms with Crippen LogP contribution in [-0.4, -0.2) is 26.7 Å². The van der Waals surface area contributed by atoms with Gasteiger partial charge in [-0.25, -0.2) is 9.67 Å². The monoisotopic (exact) mass is 324 g/mol. The number of benzene rings is 1. The predicted molar refractivity (Wildman–Crippen MR) is 90.8 cm³/mol. The predicted octanol–water partition coefficient (Wildman–Crippen LogP) is 2.90. The van der Waals surface area contributed by atoms with Crippen molar-refractivity contribution in [1.29, 1.82) is 0 Å². The minimum atomic E-state index is -0.0595. The van der Waals surface area contributed by atoms with Crippen LogP contribution in [0.15, 0.2) is 47.1 Å². The molecule has 1 N–H and O–H groups in total. The van der Waals surface area contributed by atoms with Gasteiger partial charge in [-0.3, -0.25) is 4.79 Å². The van der Waals surface area contributed by atoms with Gasteiger partial charge in [0.05, 0.1) is 12.0 Å². The highest BCUT2D eigenvalue weighted by Crippen LogP contribution is 2.21. The van der Waals surface area contributed by atoms with Gasteiger partial charge in [0.2, 0.25) is 11.7 Å². The van der Waals surface area contributed by atoms with Crippen LogP contribution in [0.3, 0.4) is 0 Å². The molecule has 2 heterocycles. The zero-order valence-electron chi connectivity index (χ0n) is 14.0. The third-order valence-corrected chi connectivity index (χ3v) is 3.70. The van der Waals surface area contributed by atoms with Gasteiger partial charge in [-0.1, -0.05) is 18.2 Å². The molecule has 1 atom stereocenters. The molecule has 0 aliphatic rings. The lowest BCUT2D eigenvalue weighted by Gasteiger charge is -2.13. The van der Waals surface area contributed by atoms with Gasteiger partial charge < -0.3 is 9.73 Å². The van der Waals surface area contributed by atoms with E-state index in [4.69, 9.17) is 4.42 Å². The molecule has 24 heavy (non-hydrogen) atoms. The van der Waals surface area contributed by atoms with Crippen molar-refractivity contribution in [3.05, 3.63) is 54.0 Å². The maximum atomic E-state index is 11.3. The van der Waals surface area contributed by atoms with E-state index in [-0.39, 0.29) is 11.9 Å². The van der Waals surface area contributed by atoms with Crippen LogP contribution in [-0.2, 0) is 11.2 Å². The lowest BCUT2D eigenvalue weighted by molar-refractivity contribution is -0.119. The lowest BCUT2D eigenvalue weighted by Crippen LogP contribution is -2.32. The maximum absolute atomic E-state index is 11.3. The Bertz CT molecular complexity index is 837. The fourth-order valence-corrected chi connectivity index (χ4v) is 2.65. The summed E-state index contributed by atoms with van der Waals surface area (Å²) >= 11 is 0. The molecular weight excluding hydrogens is 304 g/mol. The summed E-state index contributed by atoms with van der Waals surface area (Å²) in [6.07, 6.45) is 2.17. The second kappa shape index (κ2) is 6.70. The van der Waals surface area contributed by atoms with Crippen molar-refractivity contribution >= 4 is 5.91 Å². The van der Waals surface area contributed by atoms with Crippen molar-refractivity contribution < 1.29 is 9.21 Å². The molecule has 0 bridgehead atoms. The Labute approximate surface area is 140 Å². The Morgan fingerprint density at radius 3 is 2.75 bits per heavy atom. The van der Waals surface area contributed by atoms with Crippen LogP contribution in [0.5, 0.6) is 0 Å². The quantitative estimate of drug-likeness (QED) is 0.783. The second-order valence-corrected chi connectivity index (χ2v) is 5.83. The molecule has 124 valence electrons. The van der Waals surface area contributed by atoms with E-state index < -0.39 is 0 Å². The summed E-state index contributed by atoms with van der Waals surface area (Å²) in [5, 5.41) is 7.50. The van der Waals surface area contributed by atoms with E-state index in [1.165, 1.54) is 6.92 Å². The van der Waals surface area contributed by atoms with E-state index in [2.05, 4.69) is 15.4 Å². The average molecular weight is 324 g/mol. The highest BCUT2D eigenvalue weighted by molar-refractivity contribution is 5.73. The van der Waals surface area contributed by atoms with Crippen LogP contribution >= 0.6 is 0 Å². The smallest absolute Gasteiger partial charge is 0.217 e. The summed E-state index contributed by atoms with van der Waals surface area (Å²) in [5.41, 5.74) is 2.06. The lowest BCUT2D eigenvalue weighted by atomic mass is 10.2. The fourth-order valence-electron chi connectivity index (χ4n) is 2.65. The maximum Gasteiger partial charge on any atom is 0.217 e. The Morgan fingerprint density at radius 2 is 2.08 bits per heavy atom. The van der Waals surface area contributed by atoms with E-state index in [0.29, 0.717) is 18.0 Å². The Hall–Kier alpha value is -2.89. The third-order valence-electron chi connectivity index (χ3n) is 3.70. The summed E-state index contributed by atoms with van der Waals surface area (Å²) in [7, 11) is 0. The van der Waals surface area contributed by atoms with E-state index in [0.717, 1.165) is 17.1 Å². The number of carbonyl (C=O) groups is 1. The van der Waals surface area contributed by atoms with Crippen molar-refractivity contribution in [2.75, 3.05) is 0 Å². The van der Waals surface area contributed by atoms with E-state index >= 15 is 0 Å². The number of nitrogens with zero attached hydrogens (tertiary/aromatic N) is 3. The van der Waals surface area contributed by atoms with Gasteiger partial charge in [0.15, 0.2) is 5.76 Å². The van der Waals surface area contributed by atoms with Crippen LogP contribution in [0, 0.1) is 6.92 Å². The number of hydrogen-bond donors (Lipinski definition) is 1. The molecule has 1 unspecified atom stereocenters. The van der Waals surface area contributed by atoms with E-state index in [1.807, 2.05) is 54.9 Å². The number of rotatable bonds is 5. The molecule has 0 aliphatic carbocycles. The molecule has 3 aromatic rings. The molecule has 1 amide bonds. The highest BCUT2D eigenvalue weighted by Gasteiger charge is 2.18. The molecule has 2 aromatic heterocycles. The molecule has 0 fully saturated rings. The Kier molecular flexibility index (Phi) is 4.46. The second-order valence-electron chi connectivity index (χ2n) is 5.83. The van der Waals surface area contributed by atoms with Crippen LogP contribution in [0.1, 0.15) is 25.2 Å². The SMILES string of the molecule is CC(=O)NC(C)Cc1nc(-c2ccco2)nn1-c1ccccc1C. The Morgan fingerprint density at radius 1 is 1.29 bits per heavy atom. The van der Waals surface area contributed by atoms with Crippen LogP contribution in [0.25, 0.3) is 17.3 Å². The average Bonchev–Trinajstić information content (AvgIpc) is 3.16. The number of amides is 1. The molecule has 1 aromatic carbocycles. The number of furan rings is 1. The number of carbonyl (C=O) groups excluding carboxylic acids is 1. The minimum absolute atomic E-state index is 0.0427. The van der Waals surface area contributed by atoms with Crippen molar-refractivity contribution in [1.82, 2.24) is 20.1 Å². The molecule has 6 heteroatoms. The van der Waals surface area contributed by atoms with Crippen molar-refractivity contribution in [3.8, 4) is 17.3 Å². The normalized spacial score (nSPS) is 12.1.